The molecule has 1 atom stereocenters. The number of carbonyl (C=O) groups excluding carboxylic acids is 4. The maximum atomic E-state index is 13.1. The molecule has 1 aromatic carbocycles. The van der Waals surface area contributed by atoms with Gasteiger partial charge in [-0.15, -0.1) is 0 Å². The minimum absolute atomic E-state index is 0.0567. The quantitative estimate of drug-likeness (QED) is 0.253. The summed E-state index contributed by atoms with van der Waals surface area (Å²) in [5, 5.41) is 5.13. The van der Waals surface area contributed by atoms with Gasteiger partial charge < -0.3 is 19.5 Å². The first-order chi connectivity index (χ1) is 15.0. The molecule has 10 nitrogen and oxygen atoms in total. The van der Waals surface area contributed by atoms with Crippen LogP contribution < -0.4 is 15.4 Å². The highest BCUT2D eigenvalue weighted by molar-refractivity contribution is 6.08. The average Bonchev–Trinajstić information content (AvgIpc) is 2.74. The summed E-state index contributed by atoms with van der Waals surface area (Å²) >= 11 is 0. The Balaban J connectivity index is 1.96. The monoisotopic (exact) mass is 435 g/mol. The van der Waals surface area contributed by atoms with Gasteiger partial charge in [0.15, 0.2) is 0 Å². The van der Waals surface area contributed by atoms with E-state index < -0.39 is 23.8 Å². The van der Waals surface area contributed by atoms with Crippen molar-refractivity contribution >= 4 is 24.1 Å². The number of benzene rings is 1. The predicted octanol–water partition coefficient (Wildman–Crippen LogP) is 0.0302. The Morgan fingerprint density at radius 3 is 2.58 bits per heavy atom. The molecule has 1 unspecified atom stereocenters. The van der Waals surface area contributed by atoms with E-state index in [-0.39, 0.29) is 30.8 Å². The van der Waals surface area contributed by atoms with E-state index in [9.17, 15) is 19.2 Å². The van der Waals surface area contributed by atoms with E-state index >= 15 is 0 Å². The lowest BCUT2D eigenvalue weighted by atomic mass is 10.0. The van der Waals surface area contributed by atoms with Crippen molar-refractivity contribution in [1.29, 1.82) is 0 Å². The first kappa shape index (κ1) is 24.4. The molecule has 170 valence electrons. The fourth-order valence-corrected chi connectivity index (χ4v) is 3.08. The number of nitrogens with one attached hydrogen (secondary N) is 2. The molecule has 31 heavy (non-hydrogen) atoms. The van der Waals surface area contributed by atoms with Crippen LogP contribution in [0.1, 0.15) is 28.8 Å². The summed E-state index contributed by atoms with van der Waals surface area (Å²) in [5.74, 6) is -1.46. The number of likely N-dealkylation sites (N-methyl/N-ethyl adjacent to an activating group) is 1. The summed E-state index contributed by atoms with van der Waals surface area (Å²) in [6, 6.07) is 4.03. The molecule has 0 spiro atoms. The van der Waals surface area contributed by atoms with Crippen molar-refractivity contribution in [3.05, 3.63) is 29.3 Å². The molecule has 1 heterocycles. The Kier molecular flexibility index (Phi) is 10.1. The summed E-state index contributed by atoms with van der Waals surface area (Å²) in [4.78, 5) is 49.1. The lowest BCUT2D eigenvalue weighted by molar-refractivity contribution is -0.139. The zero-order chi connectivity index (χ0) is 22.6. The number of aryl methyl sites for hydroxylation is 1. The number of ether oxygens (including phenoxy) is 3. The minimum atomic E-state index is -1.04. The first-order valence-corrected chi connectivity index (χ1v) is 10.1. The number of carbonyl (C=O) groups is 4. The van der Waals surface area contributed by atoms with Crippen LogP contribution in [0.5, 0.6) is 5.75 Å². The molecule has 0 saturated carbocycles. The number of imide groups is 2. The van der Waals surface area contributed by atoms with E-state index in [1.54, 1.807) is 25.1 Å². The van der Waals surface area contributed by atoms with Gasteiger partial charge in [-0.05, 0) is 32.0 Å². The second-order valence-electron chi connectivity index (χ2n) is 6.91. The third kappa shape index (κ3) is 7.12. The Hall–Kier alpha value is -2.82. The van der Waals surface area contributed by atoms with E-state index in [2.05, 4.69) is 10.6 Å². The average molecular weight is 435 g/mol. The van der Waals surface area contributed by atoms with Crippen LogP contribution in [0, 0.1) is 6.92 Å². The molecule has 0 aliphatic carbocycles. The second-order valence-corrected chi connectivity index (χ2v) is 6.91. The molecule has 0 radical (unpaired) electrons. The molecule has 2 N–H and O–H groups in total. The zero-order valence-corrected chi connectivity index (χ0v) is 17.8. The molecule has 0 aromatic heterocycles. The molecule has 1 aliphatic rings. The van der Waals surface area contributed by atoms with E-state index in [0.717, 1.165) is 11.4 Å². The maximum absolute atomic E-state index is 13.1. The van der Waals surface area contributed by atoms with Gasteiger partial charge >= 0.3 is 0 Å². The molecular formula is C21H29N3O7. The van der Waals surface area contributed by atoms with Gasteiger partial charge in [-0.25, -0.2) is 0 Å². The van der Waals surface area contributed by atoms with Crippen molar-refractivity contribution in [2.24, 2.45) is 0 Å². The van der Waals surface area contributed by atoms with E-state index in [1.807, 2.05) is 7.05 Å². The number of piperidine rings is 1. The lowest BCUT2D eigenvalue weighted by Crippen LogP contribution is -2.54. The normalized spacial score (nSPS) is 16.0. The number of nitrogens with zero attached hydrogens (tertiary/aromatic N) is 1. The lowest BCUT2D eigenvalue weighted by Gasteiger charge is -2.29. The Morgan fingerprint density at radius 1 is 1.19 bits per heavy atom. The van der Waals surface area contributed by atoms with Gasteiger partial charge in [-0.1, -0.05) is 12.1 Å². The second kappa shape index (κ2) is 12.8. The smallest absolute Gasteiger partial charge is 0.265 e. The van der Waals surface area contributed by atoms with Gasteiger partial charge in [0.2, 0.25) is 18.2 Å². The molecule has 4 amide bonds. The number of amides is 4. The number of rotatable bonds is 13. The van der Waals surface area contributed by atoms with Gasteiger partial charge in [0.25, 0.3) is 5.91 Å². The van der Waals surface area contributed by atoms with Crippen molar-refractivity contribution in [1.82, 2.24) is 15.5 Å². The van der Waals surface area contributed by atoms with Crippen molar-refractivity contribution in [3.8, 4) is 5.75 Å². The standard InChI is InChI=1S/C21H29N3O7/c1-15-4-3-5-17(31-13-12-30-11-10-29-9-8-22-2)19(15)21(28)24(14-25)16-6-7-18(26)23-20(16)27/h3-5,14,16,22H,6-13H2,1-2H3,(H,23,26,27). The molecule has 10 heteroatoms. The third-order valence-electron chi connectivity index (χ3n) is 4.70. The highest BCUT2D eigenvalue weighted by Gasteiger charge is 2.36. The van der Waals surface area contributed by atoms with Crippen LogP contribution in [0.2, 0.25) is 0 Å². The fourth-order valence-electron chi connectivity index (χ4n) is 3.08. The predicted molar refractivity (Wildman–Crippen MR) is 111 cm³/mol. The summed E-state index contributed by atoms with van der Waals surface area (Å²) in [6.07, 6.45) is 0.457. The van der Waals surface area contributed by atoms with Crippen LogP contribution in [0.4, 0.5) is 0 Å². The molecule has 1 fully saturated rings. The molecule has 1 aliphatic heterocycles. The van der Waals surface area contributed by atoms with Crippen molar-refractivity contribution in [2.45, 2.75) is 25.8 Å². The fraction of sp³-hybridized carbons (Fsp3) is 0.524. The van der Waals surface area contributed by atoms with Gasteiger partial charge in [-0.3, -0.25) is 29.4 Å². The van der Waals surface area contributed by atoms with E-state index in [1.165, 1.54) is 0 Å². The zero-order valence-electron chi connectivity index (χ0n) is 17.8. The SMILES string of the molecule is CNCCOCCOCCOc1cccc(C)c1C(=O)N(C=O)C1CCC(=O)NC1=O. The summed E-state index contributed by atoms with van der Waals surface area (Å²) in [7, 11) is 1.85. The minimum Gasteiger partial charge on any atom is -0.490 e. The highest BCUT2D eigenvalue weighted by atomic mass is 16.5. The van der Waals surface area contributed by atoms with Gasteiger partial charge in [0.1, 0.15) is 18.4 Å². The van der Waals surface area contributed by atoms with Crippen molar-refractivity contribution in [3.63, 3.8) is 0 Å². The Morgan fingerprint density at radius 2 is 1.90 bits per heavy atom. The Labute approximate surface area is 181 Å². The van der Waals surface area contributed by atoms with Gasteiger partial charge in [0, 0.05) is 13.0 Å². The van der Waals surface area contributed by atoms with Crippen LogP contribution in [0.25, 0.3) is 0 Å². The molecular weight excluding hydrogens is 406 g/mol. The number of hydrogen-bond acceptors (Lipinski definition) is 8. The Bertz CT molecular complexity index is 784. The molecule has 1 aromatic rings. The van der Waals surface area contributed by atoms with Crippen molar-refractivity contribution < 1.29 is 33.4 Å². The molecule has 0 bridgehead atoms. The molecule has 1 saturated heterocycles. The van der Waals surface area contributed by atoms with Crippen LogP contribution in [0.3, 0.4) is 0 Å². The van der Waals surface area contributed by atoms with Crippen LogP contribution in [0.15, 0.2) is 18.2 Å². The van der Waals surface area contributed by atoms with Gasteiger partial charge in [-0.2, -0.15) is 0 Å². The first-order valence-electron chi connectivity index (χ1n) is 10.1. The summed E-state index contributed by atoms with van der Waals surface area (Å²) < 4.78 is 16.5. The van der Waals surface area contributed by atoms with Crippen LogP contribution in [-0.4, -0.2) is 81.7 Å². The van der Waals surface area contributed by atoms with Crippen LogP contribution in [-0.2, 0) is 23.9 Å². The topological polar surface area (TPSA) is 123 Å². The number of hydrogen-bond donors (Lipinski definition) is 2. The largest absolute Gasteiger partial charge is 0.490 e. The summed E-state index contributed by atoms with van der Waals surface area (Å²) in [5.41, 5.74) is 0.787. The van der Waals surface area contributed by atoms with Gasteiger partial charge in [0.05, 0.1) is 32.0 Å². The van der Waals surface area contributed by atoms with E-state index in [0.29, 0.717) is 38.4 Å². The summed E-state index contributed by atoms with van der Waals surface area (Å²) in [6.45, 7) is 4.46. The van der Waals surface area contributed by atoms with Crippen LogP contribution >= 0.6 is 0 Å². The van der Waals surface area contributed by atoms with E-state index in [4.69, 9.17) is 14.2 Å². The molecule has 2 rings (SSSR count). The third-order valence-corrected chi connectivity index (χ3v) is 4.70. The maximum Gasteiger partial charge on any atom is 0.265 e. The van der Waals surface area contributed by atoms with Crippen molar-refractivity contribution in [2.75, 3.05) is 46.6 Å². The highest BCUT2D eigenvalue weighted by Crippen LogP contribution is 2.25.